The summed E-state index contributed by atoms with van der Waals surface area (Å²) in [6, 6.07) is 5.31. The average Bonchev–Trinajstić information content (AvgIpc) is 2.07. The molecule has 0 amide bonds. The summed E-state index contributed by atoms with van der Waals surface area (Å²) in [5.74, 6) is 5.13. The zero-order valence-electron chi connectivity index (χ0n) is 6.46. The standard InChI is InChI=1S/C8H10BrNO2/c9-7-5-6(3-4-12-10)1-2-8(7)11/h1-2,5,11H,3-4,10H2. The summed E-state index contributed by atoms with van der Waals surface area (Å²) in [7, 11) is 0. The zero-order valence-corrected chi connectivity index (χ0v) is 8.04. The monoisotopic (exact) mass is 231 g/mol. The highest BCUT2D eigenvalue weighted by molar-refractivity contribution is 9.10. The maximum atomic E-state index is 9.17. The first-order chi connectivity index (χ1) is 5.74. The zero-order chi connectivity index (χ0) is 8.97. The molecule has 12 heavy (non-hydrogen) atoms. The van der Waals surface area contributed by atoms with Crippen molar-refractivity contribution in [3.8, 4) is 5.75 Å². The second-order valence-electron chi connectivity index (χ2n) is 2.41. The Balaban J connectivity index is 2.69. The fraction of sp³-hybridized carbons (Fsp3) is 0.250. The Labute approximate surface area is 79.2 Å². The Hall–Kier alpha value is -0.580. The Morgan fingerprint density at radius 2 is 2.25 bits per heavy atom. The molecule has 1 aromatic rings. The molecular weight excluding hydrogens is 222 g/mol. The van der Waals surface area contributed by atoms with Gasteiger partial charge in [-0.15, -0.1) is 0 Å². The minimum atomic E-state index is 0.243. The van der Waals surface area contributed by atoms with Gasteiger partial charge in [-0.25, -0.2) is 5.90 Å². The summed E-state index contributed by atoms with van der Waals surface area (Å²) >= 11 is 3.22. The van der Waals surface area contributed by atoms with Gasteiger partial charge in [0.05, 0.1) is 11.1 Å². The second-order valence-corrected chi connectivity index (χ2v) is 3.26. The van der Waals surface area contributed by atoms with Crippen LogP contribution < -0.4 is 5.90 Å². The van der Waals surface area contributed by atoms with Crippen molar-refractivity contribution in [2.75, 3.05) is 6.61 Å². The van der Waals surface area contributed by atoms with Crippen molar-refractivity contribution in [1.82, 2.24) is 0 Å². The molecule has 3 nitrogen and oxygen atoms in total. The van der Waals surface area contributed by atoms with E-state index in [-0.39, 0.29) is 5.75 Å². The van der Waals surface area contributed by atoms with Gasteiger partial charge in [0.1, 0.15) is 5.75 Å². The summed E-state index contributed by atoms with van der Waals surface area (Å²) in [4.78, 5) is 4.44. The lowest BCUT2D eigenvalue weighted by Gasteiger charge is -2.01. The number of hydrogen-bond acceptors (Lipinski definition) is 3. The molecule has 1 rings (SSSR count). The van der Waals surface area contributed by atoms with Gasteiger partial charge < -0.3 is 9.94 Å². The van der Waals surface area contributed by atoms with Crippen molar-refractivity contribution in [3.05, 3.63) is 28.2 Å². The number of nitrogens with two attached hydrogens (primary N) is 1. The third-order valence-corrected chi connectivity index (χ3v) is 2.16. The third-order valence-electron chi connectivity index (χ3n) is 1.52. The van der Waals surface area contributed by atoms with Crippen LogP contribution in [0.2, 0.25) is 0 Å². The lowest BCUT2D eigenvalue weighted by molar-refractivity contribution is 0.141. The highest BCUT2D eigenvalue weighted by atomic mass is 79.9. The number of halogens is 1. The first-order valence-corrected chi connectivity index (χ1v) is 4.32. The molecule has 66 valence electrons. The summed E-state index contributed by atoms with van der Waals surface area (Å²) in [6.07, 6.45) is 0.745. The molecule has 4 heteroatoms. The number of benzene rings is 1. The quantitative estimate of drug-likeness (QED) is 0.778. The molecular formula is C8H10BrNO2. The average molecular weight is 232 g/mol. The van der Waals surface area contributed by atoms with Crippen LogP contribution in [0.5, 0.6) is 5.75 Å². The molecule has 0 saturated heterocycles. The fourth-order valence-corrected chi connectivity index (χ4v) is 1.31. The molecule has 0 fully saturated rings. The Bertz CT molecular complexity index is 265. The third kappa shape index (κ3) is 2.48. The molecule has 0 radical (unpaired) electrons. The van der Waals surface area contributed by atoms with Gasteiger partial charge >= 0.3 is 0 Å². The number of phenols is 1. The van der Waals surface area contributed by atoms with Crippen molar-refractivity contribution < 1.29 is 9.94 Å². The highest BCUT2D eigenvalue weighted by Gasteiger charge is 1.98. The summed E-state index contributed by atoms with van der Waals surface area (Å²) in [5, 5.41) is 9.17. The number of rotatable bonds is 3. The van der Waals surface area contributed by atoms with E-state index in [1.54, 1.807) is 6.07 Å². The van der Waals surface area contributed by atoms with E-state index in [0.717, 1.165) is 12.0 Å². The fourth-order valence-electron chi connectivity index (χ4n) is 0.883. The van der Waals surface area contributed by atoms with Gasteiger partial charge in [-0.2, -0.15) is 0 Å². The molecule has 0 saturated carbocycles. The maximum Gasteiger partial charge on any atom is 0.129 e. The van der Waals surface area contributed by atoms with Crippen molar-refractivity contribution in [2.45, 2.75) is 6.42 Å². The van der Waals surface area contributed by atoms with E-state index in [1.807, 2.05) is 12.1 Å². The Kier molecular flexibility index (Phi) is 3.52. The topological polar surface area (TPSA) is 55.5 Å². The minimum Gasteiger partial charge on any atom is -0.507 e. The van der Waals surface area contributed by atoms with Crippen molar-refractivity contribution in [1.29, 1.82) is 0 Å². The first kappa shape index (κ1) is 9.51. The molecule has 0 unspecified atom stereocenters. The van der Waals surface area contributed by atoms with E-state index in [0.29, 0.717) is 11.1 Å². The lowest BCUT2D eigenvalue weighted by atomic mass is 10.1. The van der Waals surface area contributed by atoms with E-state index >= 15 is 0 Å². The molecule has 0 spiro atoms. The molecule has 0 bridgehead atoms. The smallest absolute Gasteiger partial charge is 0.129 e. The van der Waals surface area contributed by atoms with Crippen LogP contribution >= 0.6 is 15.9 Å². The minimum absolute atomic E-state index is 0.243. The van der Waals surface area contributed by atoms with Gasteiger partial charge in [0.15, 0.2) is 0 Å². The van der Waals surface area contributed by atoms with E-state index in [2.05, 4.69) is 20.8 Å². The summed E-state index contributed by atoms with van der Waals surface area (Å²) in [6.45, 7) is 0.483. The van der Waals surface area contributed by atoms with Crippen molar-refractivity contribution in [3.63, 3.8) is 0 Å². The van der Waals surface area contributed by atoms with Gasteiger partial charge in [0.2, 0.25) is 0 Å². The maximum absolute atomic E-state index is 9.17. The van der Waals surface area contributed by atoms with Gasteiger partial charge in [0, 0.05) is 0 Å². The van der Waals surface area contributed by atoms with Crippen LogP contribution in [0.3, 0.4) is 0 Å². The van der Waals surface area contributed by atoms with Crippen LogP contribution in [0.15, 0.2) is 22.7 Å². The van der Waals surface area contributed by atoms with E-state index < -0.39 is 0 Å². The summed E-state index contributed by atoms with van der Waals surface area (Å²) < 4.78 is 0.692. The Morgan fingerprint density at radius 1 is 1.50 bits per heavy atom. The van der Waals surface area contributed by atoms with E-state index in [4.69, 9.17) is 11.0 Å². The van der Waals surface area contributed by atoms with Crippen LogP contribution in [-0.2, 0) is 11.3 Å². The second kappa shape index (κ2) is 4.45. The van der Waals surface area contributed by atoms with Crippen LogP contribution in [-0.4, -0.2) is 11.7 Å². The van der Waals surface area contributed by atoms with E-state index in [9.17, 15) is 0 Å². The predicted octanol–water partition coefficient (Wildman–Crippen LogP) is 1.59. The molecule has 0 aromatic heterocycles. The molecule has 0 aliphatic carbocycles. The molecule has 0 aliphatic heterocycles. The molecule has 0 aliphatic rings. The number of phenolic OH excluding ortho intramolecular Hbond substituents is 1. The predicted molar refractivity (Wildman–Crippen MR) is 49.7 cm³/mol. The number of aromatic hydroxyl groups is 1. The van der Waals surface area contributed by atoms with Gasteiger partial charge in [0.25, 0.3) is 0 Å². The largest absolute Gasteiger partial charge is 0.507 e. The molecule has 0 heterocycles. The van der Waals surface area contributed by atoms with E-state index in [1.165, 1.54) is 0 Å². The van der Waals surface area contributed by atoms with Crippen LogP contribution in [0.4, 0.5) is 0 Å². The summed E-state index contributed by atoms with van der Waals surface area (Å²) in [5.41, 5.74) is 1.07. The molecule has 3 N–H and O–H groups in total. The van der Waals surface area contributed by atoms with Crippen molar-refractivity contribution in [2.24, 2.45) is 5.90 Å². The van der Waals surface area contributed by atoms with Crippen LogP contribution in [0, 0.1) is 0 Å². The van der Waals surface area contributed by atoms with Gasteiger partial charge in [-0.1, -0.05) is 6.07 Å². The molecule has 1 aromatic carbocycles. The Morgan fingerprint density at radius 3 is 2.83 bits per heavy atom. The van der Waals surface area contributed by atoms with Crippen LogP contribution in [0.1, 0.15) is 5.56 Å². The first-order valence-electron chi connectivity index (χ1n) is 3.53. The normalized spacial score (nSPS) is 10.2. The van der Waals surface area contributed by atoms with Gasteiger partial charge in [-0.05, 0) is 40.0 Å². The van der Waals surface area contributed by atoms with Gasteiger partial charge in [-0.3, -0.25) is 0 Å². The number of hydrogen-bond donors (Lipinski definition) is 2. The lowest BCUT2D eigenvalue weighted by Crippen LogP contribution is -2.03. The SMILES string of the molecule is NOCCc1ccc(O)c(Br)c1. The molecule has 0 atom stereocenters. The van der Waals surface area contributed by atoms with Crippen molar-refractivity contribution >= 4 is 15.9 Å². The highest BCUT2D eigenvalue weighted by Crippen LogP contribution is 2.24. The van der Waals surface area contributed by atoms with Crippen LogP contribution in [0.25, 0.3) is 0 Å².